The van der Waals surface area contributed by atoms with Crippen LogP contribution in [-0.2, 0) is 0 Å². The molecule has 2 aromatic heterocycles. The maximum absolute atomic E-state index is 9.08. The van der Waals surface area contributed by atoms with Gasteiger partial charge in [-0.3, -0.25) is 0 Å². The van der Waals surface area contributed by atoms with Gasteiger partial charge in [0.25, 0.3) is 0 Å². The Balaban J connectivity index is 2.13. The van der Waals surface area contributed by atoms with E-state index in [1.165, 1.54) is 0 Å². The minimum atomic E-state index is 0.141. The molecule has 0 spiro atoms. The van der Waals surface area contributed by atoms with Gasteiger partial charge in [0.1, 0.15) is 10.1 Å². The molecule has 0 saturated heterocycles. The molecule has 2 aromatic rings. The zero-order chi connectivity index (χ0) is 14.2. The molecular formula is C12H10N4O2S2. The Morgan fingerprint density at radius 1 is 0.800 bits per heavy atom. The first-order valence-corrected chi connectivity index (χ1v) is 7.09. The quantitative estimate of drug-likeness (QED) is 0.291. The monoisotopic (exact) mass is 306 g/mol. The third-order valence-electron chi connectivity index (χ3n) is 2.04. The summed E-state index contributed by atoms with van der Waals surface area (Å²) in [5, 5.41) is 26.0. The van der Waals surface area contributed by atoms with Crippen molar-refractivity contribution in [3.63, 3.8) is 0 Å². The zero-order valence-electron chi connectivity index (χ0n) is 10.1. The first-order valence-electron chi connectivity index (χ1n) is 5.45. The van der Waals surface area contributed by atoms with Crippen molar-refractivity contribution in [1.29, 1.82) is 0 Å². The number of rotatable bonds is 2. The van der Waals surface area contributed by atoms with Gasteiger partial charge in [0.05, 0.1) is 0 Å². The summed E-state index contributed by atoms with van der Waals surface area (Å²) in [6.45, 7) is 0. The molecule has 0 radical (unpaired) electrons. The highest BCUT2D eigenvalue weighted by Crippen LogP contribution is 2.25. The highest BCUT2D eigenvalue weighted by atomic mass is 32.2. The number of hydrogen-bond donors (Lipinski definition) is 2. The average molecular weight is 306 g/mol. The molecule has 0 atom stereocenters. The van der Waals surface area contributed by atoms with E-state index >= 15 is 0 Å². The summed E-state index contributed by atoms with van der Waals surface area (Å²) in [5.74, 6) is 0. The van der Waals surface area contributed by atoms with E-state index in [1.54, 1.807) is 36.7 Å². The van der Waals surface area contributed by atoms with Crippen molar-refractivity contribution < 1.29 is 10.4 Å². The van der Waals surface area contributed by atoms with Crippen molar-refractivity contribution in [2.24, 2.45) is 10.3 Å². The molecule has 0 unspecified atom stereocenters. The van der Waals surface area contributed by atoms with Gasteiger partial charge < -0.3 is 10.4 Å². The Morgan fingerprint density at radius 2 is 1.25 bits per heavy atom. The molecule has 102 valence electrons. The van der Waals surface area contributed by atoms with Crippen LogP contribution in [0.25, 0.3) is 0 Å². The molecule has 0 aliphatic heterocycles. The number of nitrogens with zero attached hydrogens (tertiary/aromatic N) is 4. The van der Waals surface area contributed by atoms with Gasteiger partial charge >= 0.3 is 0 Å². The lowest BCUT2D eigenvalue weighted by molar-refractivity contribution is 0.316. The van der Waals surface area contributed by atoms with E-state index in [-0.39, 0.29) is 10.1 Å². The van der Waals surface area contributed by atoms with Crippen LogP contribution in [0.4, 0.5) is 0 Å². The van der Waals surface area contributed by atoms with Gasteiger partial charge in [0.2, 0.25) is 0 Å². The maximum atomic E-state index is 9.08. The normalized spacial score (nSPS) is 12.4. The third-order valence-corrected chi connectivity index (χ3v) is 4.01. The van der Waals surface area contributed by atoms with Gasteiger partial charge in [-0.15, -0.1) is 0 Å². The Kier molecular flexibility index (Phi) is 5.39. The van der Waals surface area contributed by atoms with Gasteiger partial charge in [-0.2, -0.15) is 0 Å². The molecule has 0 aliphatic rings. The molecule has 0 bridgehead atoms. The van der Waals surface area contributed by atoms with E-state index in [0.717, 1.165) is 23.5 Å². The van der Waals surface area contributed by atoms with E-state index in [9.17, 15) is 0 Å². The molecule has 0 aromatic carbocycles. The predicted octanol–water partition coefficient (Wildman–Crippen LogP) is 2.94. The second-order valence-corrected chi connectivity index (χ2v) is 5.37. The van der Waals surface area contributed by atoms with Gasteiger partial charge in [-0.1, -0.05) is 22.4 Å². The summed E-state index contributed by atoms with van der Waals surface area (Å²) >= 11 is 2.18. The van der Waals surface area contributed by atoms with Crippen molar-refractivity contribution in [2.45, 2.75) is 10.1 Å². The smallest absolute Gasteiger partial charge is 0.178 e. The summed E-state index contributed by atoms with van der Waals surface area (Å²) in [4.78, 5) is 8.20. The fraction of sp³-hybridized carbons (Fsp3) is 0. The molecule has 0 amide bonds. The summed E-state index contributed by atoms with van der Waals surface area (Å²) in [7, 11) is 0. The van der Waals surface area contributed by atoms with Crippen LogP contribution in [0.5, 0.6) is 0 Å². The number of pyridine rings is 2. The van der Waals surface area contributed by atoms with E-state index in [0.29, 0.717) is 10.1 Å². The lowest BCUT2D eigenvalue weighted by Crippen LogP contribution is -2.07. The average Bonchev–Trinajstić information content (AvgIpc) is 2.52. The molecular weight excluding hydrogens is 296 g/mol. The number of aromatic nitrogens is 2. The maximum Gasteiger partial charge on any atom is 0.178 e. The highest BCUT2D eigenvalue weighted by molar-refractivity contribution is 8.25. The van der Waals surface area contributed by atoms with Gasteiger partial charge in [0, 0.05) is 12.4 Å². The highest BCUT2D eigenvalue weighted by Gasteiger charge is 2.16. The van der Waals surface area contributed by atoms with Gasteiger partial charge in [-0.05, 0) is 47.8 Å². The third kappa shape index (κ3) is 3.97. The zero-order valence-corrected chi connectivity index (χ0v) is 11.8. The van der Waals surface area contributed by atoms with Crippen LogP contribution >= 0.6 is 23.5 Å². The van der Waals surface area contributed by atoms with Crippen molar-refractivity contribution in [3.8, 4) is 0 Å². The minimum absolute atomic E-state index is 0.141. The first kappa shape index (κ1) is 14.4. The SMILES string of the molecule is O/N=C(Sc1ccccn1)/C(=N\O)Sc1ccccn1. The van der Waals surface area contributed by atoms with E-state index in [4.69, 9.17) is 10.4 Å². The topological polar surface area (TPSA) is 91.0 Å². The molecule has 6 nitrogen and oxygen atoms in total. The van der Waals surface area contributed by atoms with Crippen LogP contribution in [-0.4, -0.2) is 30.5 Å². The standard InChI is InChI=1S/C12H10N4O2S2/c17-15-11(19-9-5-1-3-7-13-9)12(16-18)20-10-6-2-4-8-14-10/h1-8,17-18H/b15-11-,16-12+. The number of thioether (sulfide) groups is 2. The van der Waals surface area contributed by atoms with Crippen molar-refractivity contribution in [1.82, 2.24) is 9.97 Å². The Hall–Kier alpha value is -2.06. The Bertz CT molecular complexity index is 550. The van der Waals surface area contributed by atoms with Gasteiger partial charge in [0.15, 0.2) is 10.1 Å². The second kappa shape index (κ2) is 7.51. The number of hydrogen-bond acceptors (Lipinski definition) is 8. The van der Waals surface area contributed by atoms with Crippen LogP contribution in [0.3, 0.4) is 0 Å². The first-order chi connectivity index (χ1) is 9.83. The van der Waals surface area contributed by atoms with Crippen LogP contribution in [0, 0.1) is 0 Å². The molecule has 2 heterocycles. The van der Waals surface area contributed by atoms with Crippen molar-refractivity contribution in [3.05, 3.63) is 48.8 Å². The summed E-state index contributed by atoms with van der Waals surface area (Å²) in [5.41, 5.74) is 0. The van der Waals surface area contributed by atoms with Crippen molar-refractivity contribution in [2.75, 3.05) is 0 Å². The van der Waals surface area contributed by atoms with Gasteiger partial charge in [-0.25, -0.2) is 9.97 Å². The molecule has 2 rings (SSSR count). The fourth-order valence-corrected chi connectivity index (χ4v) is 2.73. The van der Waals surface area contributed by atoms with Crippen LogP contribution in [0.15, 0.2) is 69.2 Å². The van der Waals surface area contributed by atoms with Crippen molar-refractivity contribution >= 4 is 33.6 Å². The summed E-state index contributed by atoms with van der Waals surface area (Å²) in [6.07, 6.45) is 3.25. The lowest BCUT2D eigenvalue weighted by atomic mass is 10.5. The second-order valence-electron chi connectivity index (χ2n) is 3.35. The minimum Gasteiger partial charge on any atom is -0.410 e. The molecule has 2 N–H and O–H groups in total. The van der Waals surface area contributed by atoms with Crippen LogP contribution in [0.1, 0.15) is 0 Å². The van der Waals surface area contributed by atoms with E-state index in [2.05, 4.69) is 20.3 Å². The molecule has 8 heteroatoms. The Morgan fingerprint density at radius 3 is 1.55 bits per heavy atom. The largest absolute Gasteiger partial charge is 0.410 e. The molecule has 0 fully saturated rings. The van der Waals surface area contributed by atoms with Crippen LogP contribution < -0.4 is 0 Å². The molecule has 20 heavy (non-hydrogen) atoms. The summed E-state index contributed by atoms with van der Waals surface area (Å²) < 4.78 is 0. The lowest BCUT2D eigenvalue weighted by Gasteiger charge is -2.04. The van der Waals surface area contributed by atoms with E-state index < -0.39 is 0 Å². The van der Waals surface area contributed by atoms with Crippen LogP contribution in [0.2, 0.25) is 0 Å². The molecule has 0 saturated carbocycles. The fourth-order valence-electron chi connectivity index (χ4n) is 1.23. The predicted molar refractivity (Wildman–Crippen MR) is 78.6 cm³/mol. The number of oxime groups is 2. The molecule has 0 aliphatic carbocycles. The van der Waals surface area contributed by atoms with E-state index in [1.807, 2.05) is 12.1 Å². The Labute approximate surface area is 123 Å². The summed E-state index contributed by atoms with van der Waals surface area (Å²) in [6, 6.07) is 10.7.